The van der Waals surface area contributed by atoms with Gasteiger partial charge < -0.3 is 24.6 Å². The van der Waals surface area contributed by atoms with E-state index >= 15 is 0 Å². The van der Waals surface area contributed by atoms with Crippen molar-refractivity contribution < 1.29 is 19.1 Å². The van der Waals surface area contributed by atoms with E-state index in [9.17, 15) is 9.59 Å². The number of nitrogens with zero attached hydrogens (tertiary/aromatic N) is 6. The number of piperazine rings is 1. The fourth-order valence-corrected chi connectivity index (χ4v) is 3.85. The molecule has 0 bridgehead atoms. The van der Waals surface area contributed by atoms with Gasteiger partial charge in [0.25, 0.3) is 0 Å². The van der Waals surface area contributed by atoms with E-state index in [0.29, 0.717) is 17.9 Å². The second kappa shape index (κ2) is 10.8. The van der Waals surface area contributed by atoms with Crippen LogP contribution in [-0.4, -0.2) is 78.1 Å². The standard InChI is InChI=1S/C23H29N7O4/c1-3-34-23(32)16-24-22(31)10-9-20-26-25-19-7-8-21(27-30(19)20)29-13-11-28(12-14-29)17-5-4-6-18(15-17)33-2/h4-8,15H,3,9-14,16H2,1-2H3,(H,24,31). The third-order valence-electron chi connectivity index (χ3n) is 5.65. The summed E-state index contributed by atoms with van der Waals surface area (Å²) in [5.74, 6) is 1.57. The summed E-state index contributed by atoms with van der Waals surface area (Å²) in [4.78, 5) is 28.0. The minimum atomic E-state index is -0.457. The van der Waals surface area contributed by atoms with Gasteiger partial charge in [0.1, 0.15) is 18.1 Å². The molecule has 4 rings (SSSR count). The number of methoxy groups -OCH3 is 1. The zero-order chi connectivity index (χ0) is 23.9. The van der Waals surface area contributed by atoms with Gasteiger partial charge in [0.2, 0.25) is 5.91 Å². The van der Waals surface area contributed by atoms with Gasteiger partial charge in [-0.15, -0.1) is 15.3 Å². The average Bonchev–Trinajstić information content (AvgIpc) is 3.29. The highest BCUT2D eigenvalue weighted by Gasteiger charge is 2.20. The van der Waals surface area contributed by atoms with Crippen molar-refractivity contribution in [1.29, 1.82) is 0 Å². The maximum absolute atomic E-state index is 12.1. The molecule has 1 saturated heterocycles. The number of anilines is 2. The second-order valence-corrected chi connectivity index (χ2v) is 7.84. The Bertz CT molecular complexity index is 1140. The summed E-state index contributed by atoms with van der Waals surface area (Å²) < 4.78 is 11.8. The number of fused-ring (bicyclic) bond motifs is 1. The Labute approximate surface area is 197 Å². The van der Waals surface area contributed by atoms with Crippen molar-refractivity contribution in [2.45, 2.75) is 19.8 Å². The summed E-state index contributed by atoms with van der Waals surface area (Å²) in [7, 11) is 1.67. The van der Waals surface area contributed by atoms with Crippen molar-refractivity contribution >= 4 is 29.0 Å². The third-order valence-corrected chi connectivity index (χ3v) is 5.65. The van der Waals surface area contributed by atoms with Crippen LogP contribution in [0, 0.1) is 0 Å². The number of rotatable bonds is 9. The molecule has 2 aromatic heterocycles. The van der Waals surface area contributed by atoms with Crippen LogP contribution in [0.5, 0.6) is 5.75 Å². The Kier molecular flexibility index (Phi) is 7.41. The van der Waals surface area contributed by atoms with Gasteiger partial charge in [-0.25, -0.2) is 0 Å². The molecule has 1 amide bonds. The largest absolute Gasteiger partial charge is 0.497 e. The van der Waals surface area contributed by atoms with Crippen molar-refractivity contribution in [3.8, 4) is 5.75 Å². The molecule has 1 N–H and O–H groups in total. The minimum Gasteiger partial charge on any atom is -0.497 e. The van der Waals surface area contributed by atoms with Crippen LogP contribution in [0.4, 0.5) is 11.5 Å². The predicted octanol–water partition coefficient (Wildman–Crippen LogP) is 1.07. The lowest BCUT2D eigenvalue weighted by Crippen LogP contribution is -2.47. The number of nitrogens with one attached hydrogen (secondary N) is 1. The van der Waals surface area contributed by atoms with Gasteiger partial charge >= 0.3 is 5.97 Å². The normalized spacial score (nSPS) is 13.7. The molecule has 11 heteroatoms. The van der Waals surface area contributed by atoms with Gasteiger partial charge in [0, 0.05) is 50.8 Å². The number of carbonyl (C=O) groups excluding carboxylic acids is 2. The molecule has 0 aliphatic carbocycles. The Hall–Kier alpha value is -3.89. The Balaban J connectivity index is 1.36. The molecule has 0 saturated carbocycles. The van der Waals surface area contributed by atoms with Crippen molar-refractivity contribution in [2.24, 2.45) is 0 Å². The lowest BCUT2D eigenvalue weighted by atomic mass is 10.2. The van der Waals surface area contributed by atoms with Gasteiger partial charge in [-0.05, 0) is 31.2 Å². The molecule has 1 aliphatic heterocycles. The Morgan fingerprint density at radius 1 is 1.06 bits per heavy atom. The number of hydrogen-bond acceptors (Lipinski definition) is 9. The van der Waals surface area contributed by atoms with Crippen LogP contribution in [0.1, 0.15) is 19.2 Å². The van der Waals surface area contributed by atoms with Gasteiger partial charge in [0.05, 0.1) is 13.7 Å². The lowest BCUT2D eigenvalue weighted by molar-refractivity contribution is -0.143. The van der Waals surface area contributed by atoms with Gasteiger partial charge in [-0.2, -0.15) is 4.52 Å². The maximum atomic E-state index is 12.1. The summed E-state index contributed by atoms with van der Waals surface area (Å²) in [6, 6.07) is 11.9. The molecule has 180 valence electrons. The topological polar surface area (TPSA) is 114 Å². The zero-order valence-corrected chi connectivity index (χ0v) is 19.4. The number of aromatic nitrogens is 4. The highest BCUT2D eigenvalue weighted by Crippen LogP contribution is 2.23. The summed E-state index contributed by atoms with van der Waals surface area (Å²) in [5, 5.41) is 15.6. The smallest absolute Gasteiger partial charge is 0.325 e. The monoisotopic (exact) mass is 467 g/mol. The van der Waals surface area contributed by atoms with E-state index in [1.807, 2.05) is 30.3 Å². The van der Waals surface area contributed by atoms with Crippen LogP contribution in [0.25, 0.3) is 5.65 Å². The van der Waals surface area contributed by atoms with E-state index in [2.05, 4.69) is 31.4 Å². The minimum absolute atomic E-state index is 0.141. The number of amides is 1. The molecule has 3 aromatic rings. The maximum Gasteiger partial charge on any atom is 0.325 e. The fraction of sp³-hybridized carbons (Fsp3) is 0.435. The molecule has 34 heavy (non-hydrogen) atoms. The second-order valence-electron chi connectivity index (χ2n) is 7.84. The number of benzene rings is 1. The van der Waals surface area contributed by atoms with E-state index in [1.165, 1.54) is 0 Å². The zero-order valence-electron chi connectivity index (χ0n) is 19.4. The molecule has 0 spiro atoms. The van der Waals surface area contributed by atoms with Crippen molar-refractivity contribution in [2.75, 3.05) is 56.2 Å². The summed E-state index contributed by atoms with van der Waals surface area (Å²) in [6.07, 6.45) is 0.529. The molecule has 0 radical (unpaired) electrons. The van der Waals surface area contributed by atoms with E-state index < -0.39 is 5.97 Å². The van der Waals surface area contributed by atoms with E-state index in [-0.39, 0.29) is 25.5 Å². The summed E-state index contributed by atoms with van der Waals surface area (Å²) in [6.45, 7) is 5.23. The first kappa shape index (κ1) is 23.3. The van der Waals surface area contributed by atoms with E-state index in [1.54, 1.807) is 18.5 Å². The molecule has 1 fully saturated rings. The van der Waals surface area contributed by atoms with Crippen LogP contribution >= 0.6 is 0 Å². The van der Waals surface area contributed by atoms with E-state index in [0.717, 1.165) is 43.4 Å². The lowest BCUT2D eigenvalue weighted by Gasteiger charge is -2.36. The van der Waals surface area contributed by atoms with Gasteiger partial charge in [-0.3, -0.25) is 9.59 Å². The first-order valence-electron chi connectivity index (χ1n) is 11.3. The molecule has 1 aromatic carbocycles. The van der Waals surface area contributed by atoms with Crippen LogP contribution < -0.4 is 19.9 Å². The van der Waals surface area contributed by atoms with Crippen LogP contribution in [0.3, 0.4) is 0 Å². The molecule has 11 nitrogen and oxygen atoms in total. The number of ether oxygens (including phenoxy) is 2. The molecular weight excluding hydrogens is 438 g/mol. The van der Waals surface area contributed by atoms with Gasteiger partial charge in [0.15, 0.2) is 11.5 Å². The first-order valence-corrected chi connectivity index (χ1v) is 11.3. The van der Waals surface area contributed by atoms with Crippen molar-refractivity contribution in [3.05, 3.63) is 42.2 Å². The number of hydrogen-bond donors (Lipinski definition) is 1. The SMILES string of the molecule is CCOC(=O)CNC(=O)CCc1nnc2ccc(N3CCN(c4cccc(OC)c4)CC3)nn12. The summed E-state index contributed by atoms with van der Waals surface area (Å²) in [5.41, 5.74) is 1.77. The quantitative estimate of drug-likeness (QED) is 0.462. The van der Waals surface area contributed by atoms with Crippen molar-refractivity contribution in [3.63, 3.8) is 0 Å². The average molecular weight is 468 g/mol. The van der Waals surface area contributed by atoms with Crippen molar-refractivity contribution in [1.82, 2.24) is 25.1 Å². The van der Waals surface area contributed by atoms with Crippen LogP contribution in [-0.2, 0) is 20.7 Å². The van der Waals surface area contributed by atoms with Crippen LogP contribution in [0.2, 0.25) is 0 Å². The Morgan fingerprint density at radius 2 is 1.85 bits per heavy atom. The number of carbonyl (C=O) groups is 2. The fourth-order valence-electron chi connectivity index (χ4n) is 3.85. The molecule has 1 aliphatic rings. The summed E-state index contributed by atoms with van der Waals surface area (Å²) >= 11 is 0. The number of aryl methyl sites for hydroxylation is 1. The Morgan fingerprint density at radius 3 is 2.62 bits per heavy atom. The highest BCUT2D eigenvalue weighted by atomic mass is 16.5. The highest BCUT2D eigenvalue weighted by molar-refractivity contribution is 5.81. The number of esters is 1. The molecule has 0 unspecified atom stereocenters. The molecule has 3 heterocycles. The van der Waals surface area contributed by atoms with Crippen LogP contribution in [0.15, 0.2) is 36.4 Å². The third kappa shape index (κ3) is 5.53. The van der Waals surface area contributed by atoms with E-state index in [4.69, 9.17) is 14.6 Å². The molecule has 0 atom stereocenters. The first-order chi connectivity index (χ1) is 16.6. The predicted molar refractivity (Wildman–Crippen MR) is 126 cm³/mol. The molecular formula is C23H29N7O4. The van der Waals surface area contributed by atoms with Gasteiger partial charge in [-0.1, -0.05) is 6.07 Å².